The second-order valence-corrected chi connectivity index (χ2v) is 2.47. The summed E-state index contributed by atoms with van der Waals surface area (Å²) in [7, 11) is 0. The van der Waals surface area contributed by atoms with Gasteiger partial charge in [-0.15, -0.1) is 0 Å². The summed E-state index contributed by atoms with van der Waals surface area (Å²) in [5, 5.41) is 0. The molecule has 62 valence electrons. The molecule has 1 unspecified atom stereocenters. The zero-order valence-electron chi connectivity index (χ0n) is 6.51. The van der Waals surface area contributed by atoms with Gasteiger partial charge in [-0.25, -0.2) is 0 Å². The smallest absolute Gasteiger partial charge is 0.216 e. The number of hydrogen-bond donors (Lipinski definition) is 1. The molecular formula is C8H13NO2. The Hall–Kier alpha value is -0.700. The standard InChI is InChI=1S/C8H13NO2/c9-8(7-11)5-3-1-2-4-6-10/h8H,1-5,9H2. The van der Waals surface area contributed by atoms with Crippen LogP contribution in [0.5, 0.6) is 0 Å². The van der Waals surface area contributed by atoms with Crippen LogP contribution in [0.15, 0.2) is 0 Å². The highest BCUT2D eigenvalue weighted by atomic mass is 16.1. The summed E-state index contributed by atoms with van der Waals surface area (Å²) in [6.45, 7) is 0. The van der Waals surface area contributed by atoms with Gasteiger partial charge >= 0.3 is 0 Å². The largest absolute Gasteiger partial charge is 0.321 e. The first-order valence-corrected chi connectivity index (χ1v) is 3.79. The lowest BCUT2D eigenvalue weighted by Crippen LogP contribution is -2.20. The molecule has 0 saturated carbocycles. The van der Waals surface area contributed by atoms with E-state index in [2.05, 4.69) is 0 Å². The van der Waals surface area contributed by atoms with Gasteiger partial charge in [-0.1, -0.05) is 12.8 Å². The van der Waals surface area contributed by atoms with Crippen molar-refractivity contribution in [1.82, 2.24) is 0 Å². The van der Waals surface area contributed by atoms with Crippen LogP contribution in [0.3, 0.4) is 0 Å². The summed E-state index contributed by atoms with van der Waals surface area (Å²) in [6.07, 6.45) is 7.34. The fraction of sp³-hybridized carbons (Fsp3) is 0.750. The van der Waals surface area contributed by atoms with E-state index in [0.29, 0.717) is 12.8 Å². The molecule has 1 atom stereocenters. The highest BCUT2D eigenvalue weighted by Gasteiger charge is 1.99. The van der Waals surface area contributed by atoms with E-state index in [1.165, 1.54) is 0 Å². The molecule has 0 rings (SSSR count). The van der Waals surface area contributed by atoms with Crippen molar-refractivity contribution >= 4 is 12.6 Å². The molecule has 0 aromatic rings. The molecule has 0 heterocycles. The maximum absolute atomic E-state index is 9.91. The van der Waals surface area contributed by atoms with Crippen LogP contribution in [-0.2, 0) is 9.59 Å². The third-order valence-corrected chi connectivity index (χ3v) is 1.45. The van der Waals surface area contributed by atoms with Crippen molar-refractivity contribution < 1.29 is 9.59 Å². The Kier molecular flexibility index (Phi) is 6.94. The fourth-order valence-corrected chi connectivity index (χ4v) is 0.797. The van der Waals surface area contributed by atoms with E-state index in [4.69, 9.17) is 5.73 Å². The van der Waals surface area contributed by atoms with Gasteiger partial charge in [-0.2, -0.15) is 0 Å². The summed E-state index contributed by atoms with van der Waals surface area (Å²) in [5.74, 6) is 0. The van der Waals surface area contributed by atoms with Gasteiger partial charge in [0.15, 0.2) is 6.29 Å². The summed E-state index contributed by atoms with van der Waals surface area (Å²) in [4.78, 5) is 19.7. The summed E-state index contributed by atoms with van der Waals surface area (Å²) >= 11 is 0. The number of carbonyl (C=O) groups excluding carboxylic acids is 2. The van der Waals surface area contributed by atoms with Gasteiger partial charge in [0.05, 0.1) is 6.04 Å². The molecular weight excluding hydrogens is 142 g/mol. The molecule has 0 spiro atoms. The number of hydrogen-bond acceptors (Lipinski definition) is 3. The van der Waals surface area contributed by atoms with Crippen molar-refractivity contribution in [3.63, 3.8) is 0 Å². The third-order valence-electron chi connectivity index (χ3n) is 1.45. The molecule has 0 saturated heterocycles. The van der Waals surface area contributed by atoms with Crippen molar-refractivity contribution in [2.75, 3.05) is 0 Å². The lowest BCUT2D eigenvalue weighted by Gasteiger charge is -2.00. The first kappa shape index (κ1) is 10.3. The van der Waals surface area contributed by atoms with E-state index in [9.17, 15) is 9.59 Å². The average molecular weight is 155 g/mol. The first-order chi connectivity index (χ1) is 5.31. The third kappa shape index (κ3) is 7.19. The topological polar surface area (TPSA) is 60.2 Å². The fourth-order valence-electron chi connectivity index (χ4n) is 0.797. The van der Waals surface area contributed by atoms with Gasteiger partial charge in [0.25, 0.3) is 0 Å². The molecule has 2 N–H and O–H groups in total. The molecule has 0 aliphatic rings. The molecule has 0 aliphatic heterocycles. The van der Waals surface area contributed by atoms with E-state index >= 15 is 0 Å². The van der Waals surface area contributed by atoms with E-state index in [0.717, 1.165) is 19.3 Å². The van der Waals surface area contributed by atoms with Gasteiger partial charge in [-0.3, -0.25) is 9.59 Å². The lowest BCUT2D eigenvalue weighted by molar-refractivity contribution is 0.523. The molecule has 0 amide bonds. The summed E-state index contributed by atoms with van der Waals surface area (Å²) in [6, 6.07) is -0.449. The predicted octanol–water partition coefficient (Wildman–Crippen LogP) is 0.484. The number of rotatable bonds is 7. The number of nitrogens with two attached hydrogens (primary N) is 1. The molecule has 0 aromatic heterocycles. The van der Waals surface area contributed by atoms with Crippen molar-refractivity contribution in [3.8, 4) is 0 Å². The molecule has 0 fully saturated rings. The summed E-state index contributed by atoms with van der Waals surface area (Å²) in [5.41, 5.74) is 5.29. The molecule has 2 radical (unpaired) electrons. The molecule has 0 aromatic carbocycles. The van der Waals surface area contributed by atoms with Crippen molar-refractivity contribution in [2.24, 2.45) is 5.73 Å². The van der Waals surface area contributed by atoms with Crippen LogP contribution in [-0.4, -0.2) is 18.6 Å². The molecule has 0 aliphatic carbocycles. The van der Waals surface area contributed by atoms with E-state index in [1.807, 2.05) is 6.29 Å². The summed E-state index contributed by atoms with van der Waals surface area (Å²) < 4.78 is 0. The highest BCUT2D eigenvalue weighted by molar-refractivity contribution is 5.57. The van der Waals surface area contributed by atoms with Gasteiger partial charge in [0.2, 0.25) is 6.29 Å². The molecule has 3 heteroatoms. The van der Waals surface area contributed by atoms with Crippen molar-refractivity contribution in [1.29, 1.82) is 0 Å². The van der Waals surface area contributed by atoms with Crippen LogP contribution in [0.4, 0.5) is 0 Å². The minimum Gasteiger partial charge on any atom is -0.321 e. The Morgan fingerprint density at radius 3 is 2.45 bits per heavy atom. The Balaban J connectivity index is 3.01. The molecule has 0 bridgehead atoms. The number of unbranched alkanes of at least 4 members (excludes halogenated alkanes) is 3. The van der Waals surface area contributed by atoms with Gasteiger partial charge < -0.3 is 5.73 Å². The van der Waals surface area contributed by atoms with Gasteiger partial charge in [-0.05, 0) is 12.8 Å². The van der Waals surface area contributed by atoms with Gasteiger partial charge in [0.1, 0.15) is 0 Å². The van der Waals surface area contributed by atoms with Crippen LogP contribution < -0.4 is 5.73 Å². The van der Waals surface area contributed by atoms with Crippen LogP contribution in [0.2, 0.25) is 0 Å². The minimum absolute atomic E-state index is 0.449. The Morgan fingerprint density at radius 1 is 1.18 bits per heavy atom. The van der Waals surface area contributed by atoms with E-state index in [1.54, 1.807) is 6.29 Å². The average Bonchev–Trinajstić information content (AvgIpc) is 2.04. The molecule has 3 nitrogen and oxygen atoms in total. The minimum atomic E-state index is -0.449. The van der Waals surface area contributed by atoms with E-state index < -0.39 is 6.04 Å². The second-order valence-electron chi connectivity index (χ2n) is 2.47. The SMILES string of the molecule is NC([C]=O)CCCCC[C]=O. The quantitative estimate of drug-likeness (QED) is 0.544. The van der Waals surface area contributed by atoms with Crippen LogP contribution in [0.1, 0.15) is 32.1 Å². The monoisotopic (exact) mass is 155 g/mol. The highest BCUT2D eigenvalue weighted by Crippen LogP contribution is 2.02. The Bertz CT molecular complexity index is 115. The van der Waals surface area contributed by atoms with Gasteiger partial charge in [0, 0.05) is 6.42 Å². The molecule has 11 heavy (non-hydrogen) atoms. The zero-order valence-corrected chi connectivity index (χ0v) is 6.51. The van der Waals surface area contributed by atoms with Crippen molar-refractivity contribution in [2.45, 2.75) is 38.1 Å². The predicted molar refractivity (Wildman–Crippen MR) is 42.4 cm³/mol. The maximum Gasteiger partial charge on any atom is 0.216 e. The lowest BCUT2D eigenvalue weighted by atomic mass is 10.1. The van der Waals surface area contributed by atoms with Crippen LogP contribution >= 0.6 is 0 Å². The van der Waals surface area contributed by atoms with E-state index in [-0.39, 0.29) is 0 Å². The Labute approximate surface area is 67.0 Å². The van der Waals surface area contributed by atoms with Crippen molar-refractivity contribution in [3.05, 3.63) is 0 Å². The second kappa shape index (κ2) is 7.41. The zero-order chi connectivity index (χ0) is 8.53. The Morgan fingerprint density at radius 2 is 1.91 bits per heavy atom. The first-order valence-electron chi connectivity index (χ1n) is 3.79. The van der Waals surface area contributed by atoms with Crippen LogP contribution in [0.25, 0.3) is 0 Å². The maximum atomic E-state index is 9.91. The van der Waals surface area contributed by atoms with Crippen LogP contribution in [0, 0.1) is 0 Å². The normalized spacial score (nSPS) is 12.5.